The molecule has 1 aromatic heterocycles. The van der Waals surface area contributed by atoms with Crippen LogP contribution < -0.4 is 0 Å². The molecular formula is C18H19ClF4N4O. The molecule has 0 saturated carbocycles. The molecule has 10 heteroatoms. The molecule has 0 bridgehead atoms. The largest absolute Gasteiger partial charge is 0.436 e. The van der Waals surface area contributed by atoms with Crippen molar-refractivity contribution in [1.82, 2.24) is 19.6 Å². The molecule has 2 aromatic rings. The van der Waals surface area contributed by atoms with Crippen LogP contribution in [0.15, 0.2) is 24.3 Å². The molecule has 3 rings (SSSR count). The summed E-state index contributed by atoms with van der Waals surface area (Å²) in [7, 11) is 0. The number of alkyl halides is 3. The molecule has 0 atom stereocenters. The standard InChI is InChI=1S/C18H19ClF4N4O/c1-12-16(19)17(18(21,22)23)24-27(12)11-15(28)26-8-6-25(7-9-26)10-13-2-4-14(20)5-3-13/h2-5H,6-11H2,1H3. The first-order valence-corrected chi connectivity index (χ1v) is 9.07. The van der Waals surface area contributed by atoms with Gasteiger partial charge in [-0.25, -0.2) is 4.39 Å². The van der Waals surface area contributed by atoms with Crippen LogP contribution in [0, 0.1) is 12.7 Å². The van der Waals surface area contributed by atoms with Gasteiger partial charge >= 0.3 is 6.18 Å². The molecule has 0 N–H and O–H groups in total. The second kappa shape index (κ2) is 8.08. The minimum absolute atomic E-state index is 0.109. The minimum Gasteiger partial charge on any atom is -0.339 e. The van der Waals surface area contributed by atoms with Crippen molar-refractivity contribution < 1.29 is 22.4 Å². The van der Waals surface area contributed by atoms with E-state index in [9.17, 15) is 22.4 Å². The summed E-state index contributed by atoms with van der Waals surface area (Å²) in [6, 6.07) is 6.24. The molecule has 1 saturated heterocycles. The Bertz CT molecular complexity index is 843. The molecule has 1 aliphatic heterocycles. The van der Waals surface area contributed by atoms with Gasteiger partial charge in [0.15, 0.2) is 5.69 Å². The molecule has 152 valence electrons. The number of amides is 1. The molecule has 1 aliphatic rings. The molecule has 1 amide bonds. The van der Waals surface area contributed by atoms with E-state index in [1.54, 1.807) is 17.0 Å². The van der Waals surface area contributed by atoms with E-state index in [-0.39, 0.29) is 24.0 Å². The number of rotatable bonds is 4. The van der Waals surface area contributed by atoms with Gasteiger partial charge in [0.2, 0.25) is 5.91 Å². The molecule has 0 spiro atoms. The zero-order valence-corrected chi connectivity index (χ0v) is 15.9. The van der Waals surface area contributed by atoms with Crippen molar-refractivity contribution in [2.75, 3.05) is 26.2 Å². The first-order chi connectivity index (χ1) is 13.1. The Morgan fingerprint density at radius 3 is 2.29 bits per heavy atom. The lowest BCUT2D eigenvalue weighted by atomic mass is 10.2. The number of carbonyl (C=O) groups excluding carboxylic acids is 1. The van der Waals surface area contributed by atoms with E-state index in [0.29, 0.717) is 32.7 Å². The van der Waals surface area contributed by atoms with Crippen LogP contribution in [-0.4, -0.2) is 51.7 Å². The number of carbonyl (C=O) groups is 1. The van der Waals surface area contributed by atoms with E-state index in [0.717, 1.165) is 10.2 Å². The number of piperazine rings is 1. The van der Waals surface area contributed by atoms with Crippen LogP contribution in [0.5, 0.6) is 0 Å². The molecule has 1 fully saturated rings. The lowest BCUT2D eigenvalue weighted by Gasteiger charge is -2.34. The van der Waals surface area contributed by atoms with Gasteiger partial charge in [-0.2, -0.15) is 18.3 Å². The summed E-state index contributed by atoms with van der Waals surface area (Å²) in [6.07, 6.45) is -4.66. The van der Waals surface area contributed by atoms with Crippen LogP contribution in [0.25, 0.3) is 0 Å². The highest BCUT2D eigenvalue weighted by Gasteiger charge is 2.38. The van der Waals surface area contributed by atoms with Crippen molar-refractivity contribution in [3.05, 3.63) is 52.1 Å². The predicted molar refractivity (Wildman–Crippen MR) is 95.2 cm³/mol. The number of halogens is 5. The molecule has 1 aromatic carbocycles. The average Bonchev–Trinajstić information content (AvgIpc) is 2.93. The fourth-order valence-corrected chi connectivity index (χ4v) is 3.33. The summed E-state index contributed by atoms with van der Waals surface area (Å²) < 4.78 is 52.7. The summed E-state index contributed by atoms with van der Waals surface area (Å²) in [4.78, 5) is 16.2. The fourth-order valence-electron chi connectivity index (χ4n) is 3.09. The van der Waals surface area contributed by atoms with Gasteiger partial charge in [0.05, 0.1) is 10.7 Å². The van der Waals surface area contributed by atoms with Crippen LogP contribution in [0.3, 0.4) is 0 Å². The summed E-state index contributed by atoms with van der Waals surface area (Å²) in [5.41, 5.74) is -0.0939. The van der Waals surface area contributed by atoms with Gasteiger partial charge in [-0.05, 0) is 24.6 Å². The molecular weight excluding hydrogens is 400 g/mol. The fraction of sp³-hybridized carbons (Fsp3) is 0.444. The van der Waals surface area contributed by atoms with Crippen molar-refractivity contribution in [2.24, 2.45) is 0 Å². The first kappa shape index (κ1) is 20.6. The van der Waals surface area contributed by atoms with Crippen molar-refractivity contribution in [1.29, 1.82) is 0 Å². The lowest BCUT2D eigenvalue weighted by molar-refractivity contribution is -0.142. The zero-order chi connectivity index (χ0) is 20.5. The number of nitrogens with zero attached hydrogens (tertiary/aromatic N) is 4. The predicted octanol–water partition coefficient (Wildman–Crippen LogP) is 3.35. The second-order valence-corrected chi connectivity index (χ2v) is 7.06. The first-order valence-electron chi connectivity index (χ1n) is 8.70. The van der Waals surface area contributed by atoms with E-state index in [1.807, 2.05) is 0 Å². The van der Waals surface area contributed by atoms with E-state index < -0.39 is 16.9 Å². The lowest BCUT2D eigenvalue weighted by Crippen LogP contribution is -2.49. The van der Waals surface area contributed by atoms with Gasteiger partial charge in [-0.15, -0.1) is 0 Å². The Balaban J connectivity index is 1.56. The molecule has 0 aliphatic carbocycles. The Hall–Kier alpha value is -2.13. The zero-order valence-electron chi connectivity index (χ0n) is 15.1. The van der Waals surface area contributed by atoms with Crippen LogP contribution in [0.4, 0.5) is 17.6 Å². The molecule has 28 heavy (non-hydrogen) atoms. The quantitative estimate of drug-likeness (QED) is 0.715. The van der Waals surface area contributed by atoms with Crippen LogP contribution >= 0.6 is 11.6 Å². The maximum atomic E-state index is 13.0. The van der Waals surface area contributed by atoms with Crippen LogP contribution in [-0.2, 0) is 24.1 Å². The van der Waals surface area contributed by atoms with E-state index in [2.05, 4.69) is 10.00 Å². The monoisotopic (exact) mass is 418 g/mol. The Morgan fingerprint density at radius 1 is 1.14 bits per heavy atom. The molecule has 5 nitrogen and oxygen atoms in total. The van der Waals surface area contributed by atoms with E-state index in [1.165, 1.54) is 19.1 Å². The third-order valence-corrected chi connectivity index (χ3v) is 5.18. The van der Waals surface area contributed by atoms with Gasteiger partial charge in [0.1, 0.15) is 12.4 Å². The van der Waals surface area contributed by atoms with Gasteiger partial charge in [-0.3, -0.25) is 14.4 Å². The third-order valence-electron chi connectivity index (χ3n) is 4.73. The number of benzene rings is 1. The minimum atomic E-state index is -4.66. The maximum Gasteiger partial charge on any atom is 0.436 e. The number of hydrogen-bond donors (Lipinski definition) is 0. The maximum absolute atomic E-state index is 13.0. The molecule has 2 heterocycles. The summed E-state index contributed by atoms with van der Waals surface area (Å²) in [6.45, 7) is 3.91. The van der Waals surface area contributed by atoms with Crippen LogP contribution in [0.2, 0.25) is 5.02 Å². The average molecular weight is 419 g/mol. The topological polar surface area (TPSA) is 41.4 Å². The van der Waals surface area contributed by atoms with Gasteiger partial charge in [-0.1, -0.05) is 23.7 Å². The third kappa shape index (κ3) is 4.64. The Labute approximate surface area is 164 Å². The Morgan fingerprint density at radius 2 is 1.75 bits per heavy atom. The highest BCUT2D eigenvalue weighted by Crippen LogP contribution is 2.35. The summed E-state index contributed by atoms with van der Waals surface area (Å²) in [5, 5.41) is 2.98. The highest BCUT2D eigenvalue weighted by atomic mass is 35.5. The SMILES string of the molecule is Cc1c(Cl)c(C(F)(F)F)nn1CC(=O)N1CCN(Cc2ccc(F)cc2)CC1. The number of aromatic nitrogens is 2. The Kier molecular flexibility index (Phi) is 5.95. The van der Waals surface area contributed by atoms with Gasteiger partial charge < -0.3 is 4.90 Å². The van der Waals surface area contributed by atoms with Crippen molar-refractivity contribution >= 4 is 17.5 Å². The van der Waals surface area contributed by atoms with Gasteiger partial charge in [0, 0.05) is 32.7 Å². The summed E-state index contributed by atoms with van der Waals surface area (Å²) in [5.74, 6) is -0.598. The summed E-state index contributed by atoms with van der Waals surface area (Å²) >= 11 is 5.72. The molecule has 0 unspecified atom stereocenters. The highest BCUT2D eigenvalue weighted by molar-refractivity contribution is 6.32. The molecule has 0 radical (unpaired) electrons. The van der Waals surface area contributed by atoms with Crippen molar-refractivity contribution in [2.45, 2.75) is 26.2 Å². The van der Waals surface area contributed by atoms with Crippen LogP contribution in [0.1, 0.15) is 17.0 Å². The smallest absolute Gasteiger partial charge is 0.339 e. The van der Waals surface area contributed by atoms with Crippen molar-refractivity contribution in [3.8, 4) is 0 Å². The number of hydrogen-bond acceptors (Lipinski definition) is 3. The second-order valence-electron chi connectivity index (χ2n) is 6.69. The van der Waals surface area contributed by atoms with E-state index in [4.69, 9.17) is 11.6 Å². The van der Waals surface area contributed by atoms with Crippen molar-refractivity contribution in [3.63, 3.8) is 0 Å². The normalized spacial score (nSPS) is 15.9. The van der Waals surface area contributed by atoms with Gasteiger partial charge in [0.25, 0.3) is 0 Å². The van der Waals surface area contributed by atoms with E-state index >= 15 is 0 Å².